The molecule has 12 rings (SSSR count). The fraction of sp³-hybridized carbons (Fsp3) is 0. The minimum atomic E-state index is 0.611. The van der Waals surface area contributed by atoms with E-state index in [1.807, 2.05) is 54.6 Å². The Bertz CT molecular complexity index is 3600. The Morgan fingerprint density at radius 1 is 0.339 bits per heavy atom. The van der Waals surface area contributed by atoms with Crippen LogP contribution in [0.1, 0.15) is 0 Å². The smallest absolute Gasteiger partial charge is 0.164 e. The predicted octanol–water partition coefficient (Wildman–Crippen LogP) is 15.2. The van der Waals surface area contributed by atoms with Crippen molar-refractivity contribution in [3.63, 3.8) is 0 Å². The van der Waals surface area contributed by atoms with E-state index < -0.39 is 0 Å². The molecule has 0 amide bonds. The first-order chi connectivity index (χ1) is 30.7. The third-order valence-corrected chi connectivity index (χ3v) is 12.7. The first-order valence-corrected chi connectivity index (χ1v) is 21.4. The van der Waals surface area contributed by atoms with Crippen LogP contribution in [0.2, 0.25) is 0 Å². The van der Waals surface area contributed by atoms with Crippen molar-refractivity contribution >= 4 is 54.3 Å². The van der Waals surface area contributed by atoms with Crippen LogP contribution in [-0.2, 0) is 0 Å². The average molecular weight is 811 g/mol. The lowest BCUT2D eigenvalue weighted by atomic mass is 9.92. The molecule has 0 radical (unpaired) electrons. The summed E-state index contributed by atoms with van der Waals surface area (Å²) in [4.78, 5) is 20.7. The van der Waals surface area contributed by atoms with Gasteiger partial charge in [0.2, 0.25) is 0 Å². The van der Waals surface area contributed by atoms with Gasteiger partial charge in [-0.3, -0.25) is 0 Å². The lowest BCUT2D eigenvalue weighted by Gasteiger charge is -2.13. The van der Waals surface area contributed by atoms with Crippen LogP contribution in [0.15, 0.2) is 211 Å². The Morgan fingerprint density at radius 2 is 0.806 bits per heavy atom. The fourth-order valence-electron chi connectivity index (χ4n) is 8.59. The summed E-state index contributed by atoms with van der Waals surface area (Å²) in [7, 11) is 0. The molecular weight excluding hydrogens is 777 g/mol. The molecule has 6 heteroatoms. The molecule has 12 aromatic rings. The minimum absolute atomic E-state index is 0.611. The lowest BCUT2D eigenvalue weighted by molar-refractivity contribution is 0.669. The quantitative estimate of drug-likeness (QED) is 0.160. The number of para-hydroxylation sites is 1. The van der Waals surface area contributed by atoms with Gasteiger partial charge in [0.05, 0.1) is 10.2 Å². The van der Waals surface area contributed by atoms with Crippen molar-refractivity contribution in [2.24, 2.45) is 0 Å². The molecule has 62 heavy (non-hydrogen) atoms. The number of nitrogens with zero attached hydrogens (tertiary/aromatic N) is 4. The maximum atomic E-state index is 6.59. The number of aromatic nitrogens is 4. The van der Waals surface area contributed by atoms with Gasteiger partial charge in [0.1, 0.15) is 16.2 Å². The number of thiazole rings is 1. The van der Waals surface area contributed by atoms with Crippen molar-refractivity contribution < 1.29 is 4.42 Å². The van der Waals surface area contributed by atoms with Crippen LogP contribution < -0.4 is 0 Å². The second-order valence-corrected chi connectivity index (χ2v) is 16.4. The van der Waals surface area contributed by atoms with E-state index in [1.165, 1.54) is 11.1 Å². The fourth-order valence-corrected chi connectivity index (χ4v) is 9.71. The average Bonchev–Trinajstić information content (AvgIpc) is 3.95. The highest BCUT2D eigenvalue weighted by Crippen LogP contribution is 2.47. The maximum Gasteiger partial charge on any atom is 0.164 e. The molecule has 0 N–H and O–H groups in total. The second kappa shape index (κ2) is 14.9. The van der Waals surface area contributed by atoms with Crippen molar-refractivity contribution in [1.82, 2.24) is 19.9 Å². The van der Waals surface area contributed by atoms with Crippen LogP contribution in [0.5, 0.6) is 0 Å². The molecule has 0 saturated carbocycles. The molecule has 3 heterocycles. The van der Waals surface area contributed by atoms with Crippen LogP contribution in [-0.4, -0.2) is 19.9 Å². The first kappa shape index (κ1) is 35.8. The highest BCUT2D eigenvalue weighted by atomic mass is 32.1. The molecular formula is C56H34N4OS. The van der Waals surface area contributed by atoms with E-state index in [-0.39, 0.29) is 0 Å². The summed E-state index contributed by atoms with van der Waals surface area (Å²) >= 11 is 1.72. The van der Waals surface area contributed by atoms with Crippen LogP contribution in [0, 0.1) is 0 Å². The summed E-state index contributed by atoms with van der Waals surface area (Å²) in [5.41, 5.74) is 13.3. The third-order valence-electron chi connectivity index (χ3n) is 11.6. The minimum Gasteiger partial charge on any atom is -0.456 e. The molecule has 5 nitrogen and oxygen atoms in total. The SMILES string of the molecule is c1ccc(-c2ccc(-c3nc(-c4ccccc4)nc(-c4cccc5c(-c6c7sc(-c8ccc(-c9ccccc9)cc8)nc7cc7oc8ccccc8c67)cccc45)n3)cc2)cc1. The Kier molecular flexibility index (Phi) is 8.61. The van der Waals surface area contributed by atoms with Gasteiger partial charge in [-0.1, -0.05) is 194 Å². The summed E-state index contributed by atoms with van der Waals surface area (Å²) in [5, 5.41) is 5.24. The van der Waals surface area contributed by atoms with Gasteiger partial charge in [-0.25, -0.2) is 19.9 Å². The number of hydrogen-bond donors (Lipinski definition) is 0. The molecule has 0 aliphatic heterocycles. The molecule has 0 fully saturated rings. The molecule has 9 aromatic carbocycles. The van der Waals surface area contributed by atoms with Crippen molar-refractivity contribution in [2.75, 3.05) is 0 Å². The largest absolute Gasteiger partial charge is 0.456 e. The van der Waals surface area contributed by atoms with E-state index in [4.69, 9.17) is 24.4 Å². The highest BCUT2D eigenvalue weighted by molar-refractivity contribution is 7.22. The van der Waals surface area contributed by atoms with Gasteiger partial charge >= 0.3 is 0 Å². The Labute approximate surface area is 361 Å². The van der Waals surface area contributed by atoms with Gasteiger partial charge < -0.3 is 4.42 Å². The van der Waals surface area contributed by atoms with Gasteiger partial charge in [0.15, 0.2) is 17.5 Å². The monoisotopic (exact) mass is 810 g/mol. The Morgan fingerprint density at radius 3 is 1.45 bits per heavy atom. The van der Waals surface area contributed by atoms with Gasteiger partial charge in [0, 0.05) is 44.7 Å². The molecule has 0 aliphatic rings. The second-order valence-electron chi connectivity index (χ2n) is 15.4. The van der Waals surface area contributed by atoms with E-state index >= 15 is 0 Å². The van der Waals surface area contributed by atoms with Crippen LogP contribution in [0.3, 0.4) is 0 Å². The number of furan rings is 1. The zero-order valence-corrected chi connectivity index (χ0v) is 34.1. The summed E-state index contributed by atoms with van der Waals surface area (Å²) in [6.07, 6.45) is 0. The van der Waals surface area contributed by atoms with E-state index in [9.17, 15) is 0 Å². The van der Waals surface area contributed by atoms with Crippen molar-refractivity contribution in [3.05, 3.63) is 206 Å². The summed E-state index contributed by atoms with van der Waals surface area (Å²) < 4.78 is 7.70. The van der Waals surface area contributed by atoms with Gasteiger partial charge in [-0.2, -0.15) is 0 Å². The van der Waals surface area contributed by atoms with Gasteiger partial charge in [-0.15, -0.1) is 11.3 Å². The zero-order chi connectivity index (χ0) is 41.0. The topological polar surface area (TPSA) is 64.7 Å². The van der Waals surface area contributed by atoms with E-state index in [0.717, 1.165) is 92.4 Å². The van der Waals surface area contributed by atoms with E-state index in [0.29, 0.717) is 17.5 Å². The Hall–Kier alpha value is -8.06. The molecule has 0 aliphatic carbocycles. The third kappa shape index (κ3) is 6.24. The molecule has 0 spiro atoms. The number of fused-ring (bicyclic) bond motifs is 5. The van der Waals surface area contributed by atoms with Crippen molar-refractivity contribution in [3.8, 4) is 78.1 Å². The highest BCUT2D eigenvalue weighted by Gasteiger charge is 2.23. The molecule has 0 unspecified atom stereocenters. The summed E-state index contributed by atoms with van der Waals surface area (Å²) in [5.74, 6) is 1.85. The lowest BCUT2D eigenvalue weighted by Crippen LogP contribution is -2.00. The number of hydrogen-bond acceptors (Lipinski definition) is 6. The van der Waals surface area contributed by atoms with Gasteiger partial charge in [0.25, 0.3) is 0 Å². The molecule has 3 aromatic heterocycles. The predicted molar refractivity (Wildman–Crippen MR) is 256 cm³/mol. The first-order valence-electron chi connectivity index (χ1n) is 20.6. The van der Waals surface area contributed by atoms with E-state index in [1.54, 1.807) is 11.3 Å². The molecule has 0 saturated heterocycles. The maximum absolute atomic E-state index is 6.59. The summed E-state index contributed by atoms with van der Waals surface area (Å²) in [6.45, 7) is 0. The summed E-state index contributed by atoms with van der Waals surface area (Å²) in [6, 6.07) is 71.5. The molecule has 0 bridgehead atoms. The standard InChI is InChI=1S/C56H34N4OS/c1-4-14-35(15-5-1)37-26-30-40(31-27-37)54-58-53(39-18-8-3-9-19-39)59-55(60-54)45-24-13-21-42-43(45)22-12-23-44(42)51-50-46-20-10-11-25-48(46)61-49(50)34-47-52(51)62-56(57-47)41-32-28-38(29-33-41)36-16-6-2-7-17-36/h1-34H. The van der Waals surface area contributed by atoms with Crippen LogP contribution in [0.25, 0.3) is 121 Å². The van der Waals surface area contributed by atoms with Crippen LogP contribution >= 0.6 is 11.3 Å². The number of benzene rings is 9. The molecule has 290 valence electrons. The normalized spacial score (nSPS) is 11.5. The van der Waals surface area contributed by atoms with E-state index in [2.05, 4.69) is 152 Å². The Balaban J connectivity index is 1.04. The van der Waals surface area contributed by atoms with Crippen molar-refractivity contribution in [1.29, 1.82) is 0 Å². The van der Waals surface area contributed by atoms with Crippen LogP contribution in [0.4, 0.5) is 0 Å². The number of rotatable bonds is 7. The molecule has 0 atom stereocenters. The van der Waals surface area contributed by atoms with Crippen molar-refractivity contribution in [2.45, 2.75) is 0 Å². The zero-order valence-electron chi connectivity index (χ0n) is 33.2. The van der Waals surface area contributed by atoms with Gasteiger partial charge in [-0.05, 0) is 44.7 Å².